The van der Waals surface area contributed by atoms with Gasteiger partial charge in [0.05, 0.1) is 6.10 Å². The highest BCUT2D eigenvalue weighted by atomic mass is 16.3. The van der Waals surface area contributed by atoms with Crippen molar-refractivity contribution in [3.8, 4) is 0 Å². The Bertz CT molecular complexity index is 729. The molecular formula is C23H34O5. The fraction of sp³-hybridized carbons (Fsp3) is 0.826. The standard InChI is InChI=1S/C23H34O5/c1-13-8-15-16-5-7-23(28,19(27)11-24)12-21(16,2)10-18(26)20(15)22(3)6-4-14(25)9-17(13)22/h9,13,15-16,18,20,24,26,28H,4-8,10-12H2,1-3H3/t13-,15-,16-,18-,20+,21+,22-,23-/m0/s1. The molecule has 156 valence electrons. The van der Waals surface area contributed by atoms with Crippen molar-refractivity contribution in [1.29, 1.82) is 0 Å². The smallest absolute Gasteiger partial charge is 0.189 e. The van der Waals surface area contributed by atoms with Gasteiger partial charge in [-0.15, -0.1) is 0 Å². The predicted molar refractivity (Wildman–Crippen MR) is 104 cm³/mol. The molecule has 0 aromatic heterocycles. The van der Waals surface area contributed by atoms with Gasteiger partial charge in [-0.1, -0.05) is 26.3 Å². The first-order valence-corrected chi connectivity index (χ1v) is 10.8. The number of aliphatic hydroxyl groups is 3. The molecule has 0 radical (unpaired) electrons. The van der Waals surface area contributed by atoms with Gasteiger partial charge in [-0.3, -0.25) is 9.59 Å². The monoisotopic (exact) mass is 390 g/mol. The number of fused-ring (bicyclic) bond motifs is 5. The van der Waals surface area contributed by atoms with Gasteiger partial charge in [0.2, 0.25) is 0 Å². The van der Waals surface area contributed by atoms with Crippen LogP contribution in [0.15, 0.2) is 11.6 Å². The Morgan fingerprint density at radius 2 is 2.00 bits per heavy atom. The summed E-state index contributed by atoms with van der Waals surface area (Å²) in [5, 5.41) is 31.5. The molecular weight excluding hydrogens is 356 g/mol. The Morgan fingerprint density at radius 1 is 1.29 bits per heavy atom. The summed E-state index contributed by atoms with van der Waals surface area (Å²) in [5.41, 5.74) is -0.722. The second kappa shape index (κ2) is 6.48. The van der Waals surface area contributed by atoms with E-state index in [9.17, 15) is 24.9 Å². The molecule has 0 aliphatic heterocycles. The third-order valence-corrected chi connectivity index (χ3v) is 8.95. The second-order valence-corrected chi connectivity index (χ2v) is 10.7. The number of allylic oxidation sites excluding steroid dienone is 2. The Labute approximate surface area is 167 Å². The van der Waals surface area contributed by atoms with Crippen LogP contribution in [-0.2, 0) is 9.59 Å². The van der Waals surface area contributed by atoms with Crippen LogP contribution in [0.25, 0.3) is 0 Å². The zero-order valence-corrected chi connectivity index (χ0v) is 17.3. The molecule has 0 heterocycles. The Kier molecular flexibility index (Phi) is 4.68. The first-order chi connectivity index (χ1) is 13.0. The molecule has 0 saturated heterocycles. The van der Waals surface area contributed by atoms with Crippen LogP contribution >= 0.6 is 0 Å². The average molecular weight is 391 g/mol. The summed E-state index contributed by atoms with van der Waals surface area (Å²) in [6.45, 7) is 5.91. The van der Waals surface area contributed by atoms with Crippen LogP contribution in [-0.4, -0.2) is 45.2 Å². The molecule has 0 amide bonds. The van der Waals surface area contributed by atoms with E-state index < -0.39 is 24.1 Å². The van der Waals surface area contributed by atoms with E-state index in [2.05, 4.69) is 20.8 Å². The average Bonchev–Trinajstić information content (AvgIpc) is 2.61. The maximum Gasteiger partial charge on any atom is 0.189 e. The number of Topliss-reactive ketones (excluding diaryl/α,β-unsaturated/α-hetero) is 1. The Morgan fingerprint density at radius 3 is 2.68 bits per heavy atom. The van der Waals surface area contributed by atoms with Crippen molar-refractivity contribution in [2.45, 2.75) is 77.4 Å². The number of ketones is 2. The Balaban J connectivity index is 1.70. The van der Waals surface area contributed by atoms with Crippen molar-refractivity contribution in [2.75, 3.05) is 6.61 Å². The minimum atomic E-state index is -1.47. The molecule has 8 atom stereocenters. The molecule has 0 unspecified atom stereocenters. The lowest BCUT2D eigenvalue weighted by molar-refractivity contribution is -0.185. The first-order valence-electron chi connectivity index (χ1n) is 10.8. The highest BCUT2D eigenvalue weighted by Crippen LogP contribution is 2.66. The predicted octanol–water partition coefficient (Wildman–Crippen LogP) is 2.42. The van der Waals surface area contributed by atoms with Crippen molar-refractivity contribution in [2.24, 2.45) is 34.5 Å². The SMILES string of the molecule is C[C@H]1C[C@@H]2[C@H]([C@@H](O)C[C@]3(C)C[C@](O)(C(=O)CO)CC[C@@H]23)[C@@]2(C)CCC(=O)C=C12. The molecule has 5 heteroatoms. The quantitative estimate of drug-likeness (QED) is 0.673. The zero-order valence-electron chi connectivity index (χ0n) is 17.3. The third kappa shape index (κ3) is 2.77. The van der Waals surface area contributed by atoms with Crippen LogP contribution < -0.4 is 0 Å². The van der Waals surface area contributed by atoms with E-state index in [1.54, 1.807) is 0 Å². The van der Waals surface area contributed by atoms with Crippen LogP contribution in [0, 0.1) is 34.5 Å². The van der Waals surface area contributed by atoms with E-state index in [0.29, 0.717) is 43.4 Å². The summed E-state index contributed by atoms with van der Waals surface area (Å²) < 4.78 is 0. The van der Waals surface area contributed by atoms with Crippen molar-refractivity contribution >= 4 is 11.6 Å². The van der Waals surface area contributed by atoms with E-state index in [1.807, 2.05) is 6.08 Å². The highest BCUT2D eigenvalue weighted by molar-refractivity contribution is 5.91. The molecule has 0 spiro atoms. The molecule has 3 fully saturated rings. The highest BCUT2D eigenvalue weighted by Gasteiger charge is 2.62. The topological polar surface area (TPSA) is 94.8 Å². The van der Waals surface area contributed by atoms with Crippen LogP contribution in [0.1, 0.15) is 65.7 Å². The van der Waals surface area contributed by atoms with E-state index in [0.717, 1.165) is 19.3 Å². The van der Waals surface area contributed by atoms with Gasteiger partial charge in [0, 0.05) is 6.42 Å². The number of carbonyl (C=O) groups is 2. The van der Waals surface area contributed by atoms with Crippen LogP contribution in [0.3, 0.4) is 0 Å². The van der Waals surface area contributed by atoms with Crippen LogP contribution in [0.4, 0.5) is 0 Å². The first kappa shape index (κ1) is 20.2. The zero-order chi connectivity index (χ0) is 20.5. The lowest BCUT2D eigenvalue weighted by Gasteiger charge is -2.64. The van der Waals surface area contributed by atoms with Gasteiger partial charge in [0.1, 0.15) is 12.2 Å². The lowest BCUT2D eigenvalue weighted by Crippen LogP contribution is -2.62. The third-order valence-electron chi connectivity index (χ3n) is 8.95. The number of rotatable bonds is 2. The minimum absolute atomic E-state index is 0.126. The lowest BCUT2D eigenvalue weighted by atomic mass is 9.42. The molecule has 0 aromatic carbocycles. The van der Waals surface area contributed by atoms with Crippen molar-refractivity contribution in [1.82, 2.24) is 0 Å². The molecule has 3 N–H and O–H groups in total. The molecule has 0 bridgehead atoms. The molecule has 4 rings (SSSR count). The maximum absolute atomic E-state index is 12.2. The summed E-state index contributed by atoms with van der Waals surface area (Å²) in [7, 11) is 0. The van der Waals surface area contributed by atoms with E-state index in [-0.39, 0.29) is 22.5 Å². The van der Waals surface area contributed by atoms with Gasteiger partial charge >= 0.3 is 0 Å². The van der Waals surface area contributed by atoms with Gasteiger partial charge in [-0.05, 0) is 79.1 Å². The van der Waals surface area contributed by atoms with Gasteiger partial charge < -0.3 is 15.3 Å². The van der Waals surface area contributed by atoms with E-state index >= 15 is 0 Å². The summed E-state index contributed by atoms with van der Waals surface area (Å²) in [4.78, 5) is 24.3. The van der Waals surface area contributed by atoms with Gasteiger partial charge in [0.25, 0.3) is 0 Å². The largest absolute Gasteiger partial charge is 0.393 e. The molecule has 4 aliphatic rings. The number of hydrogen-bond acceptors (Lipinski definition) is 5. The van der Waals surface area contributed by atoms with Crippen molar-refractivity contribution < 1.29 is 24.9 Å². The maximum atomic E-state index is 12.2. The molecule has 3 saturated carbocycles. The normalized spacial score (nSPS) is 50.9. The van der Waals surface area contributed by atoms with Gasteiger partial charge in [-0.25, -0.2) is 0 Å². The summed E-state index contributed by atoms with van der Waals surface area (Å²) in [6, 6.07) is 0. The summed E-state index contributed by atoms with van der Waals surface area (Å²) in [6.07, 6.45) is 5.65. The van der Waals surface area contributed by atoms with Gasteiger partial charge in [0.15, 0.2) is 11.6 Å². The summed E-state index contributed by atoms with van der Waals surface area (Å²) >= 11 is 0. The Hall–Kier alpha value is -1.04. The number of hydrogen-bond donors (Lipinski definition) is 3. The second-order valence-electron chi connectivity index (χ2n) is 10.7. The fourth-order valence-electron chi connectivity index (χ4n) is 7.86. The van der Waals surface area contributed by atoms with Crippen LogP contribution in [0.5, 0.6) is 0 Å². The number of aliphatic hydroxyl groups excluding tert-OH is 2. The van der Waals surface area contributed by atoms with Crippen molar-refractivity contribution in [3.05, 3.63) is 11.6 Å². The molecule has 0 aromatic rings. The fourth-order valence-corrected chi connectivity index (χ4v) is 7.86. The summed E-state index contributed by atoms with van der Waals surface area (Å²) in [5.74, 6) is 0.812. The van der Waals surface area contributed by atoms with Gasteiger partial charge in [-0.2, -0.15) is 0 Å². The molecule has 4 aliphatic carbocycles. The molecule has 5 nitrogen and oxygen atoms in total. The number of carbonyl (C=O) groups excluding carboxylic acids is 2. The van der Waals surface area contributed by atoms with Crippen molar-refractivity contribution in [3.63, 3.8) is 0 Å². The van der Waals surface area contributed by atoms with E-state index in [4.69, 9.17) is 0 Å². The van der Waals surface area contributed by atoms with Crippen LogP contribution in [0.2, 0.25) is 0 Å². The minimum Gasteiger partial charge on any atom is -0.393 e. The molecule has 28 heavy (non-hydrogen) atoms. The van der Waals surface area contributed by atoms with E-state index in [1.165, 1.54) is 5.57 Å².